The van der Waals surface area contributed by atoms with E-state index in [1.807, 2.05) is 6.07 Å². The van der Waals surface area contributed by atoms with Gasteiger partial charge in [-0.1, -0.05) is 54.6 Å². The fourth-order valence-corrected chi connectivity index (χ4v) is 4.35. The Morgan fingerprint density at radius 3 is 2.16 bits per heavy atom. The van der Waals surface area contributed by atoms with Crippen LogP contribution in [0.4, 0.5) is 4.79 Å². The fraction of sp³-hybridized carbons (Fsp3) is 0.233. The summed E-state index contributed by atoms with van der Waals surface area (Å²) in [6.45, 7) is -0.444. The van der Waals surface area contributed by atoms with E-state index in [4.69, 9.17) is 9.47 Å². The highest BCUT2D eigenvalue weighted by Crippen LogP contribution is 2.28. The number of hydrogen-bond donors (Lipinski definition) is 5. The zero-order chi connectivity index (χ0) is 30.9. The predicted octanol–water partition coefficient (Wildman–Crippen LogP) is 1.85. The standard InChI is InChI=1S/C30H29N3O10/c34-21-10-8-20(9-11-21)26(29(39)40)33-15-24(27(33)36)31-25(35)17-42-22-12-6-18(7-13-22)14-23(28(37)38)32-30(41)43-16-19-4-2-1-3-5-19/h1-13,23-24,26,34H,14-17H2,(H,31,35)(H,32,41)(H,37,38)(H,39,40). The Morgan fingerprint density at radius 2 is 1.56 bits per heavy atom. The van der Waals surface area contributed by atoms with Gasteiger partial charge < -0.3 is 40.3 Å². The Bertz CT molecular complexity index is 1460. The van der Waals surface area contributed by atoms with Gasteiger partial charge in [0.1, 0.15) is 30.2 Å². The molecule has 3 unspecified atom stereocenters. The number of carboxylic acid groups (broad SMARTS) is 2. The van der Waals surface area contributed by atoms with E-state index < -0.39 is 54.6 Å². The molecule has 0 radical (unpaired) electrons. The fourth-order valence-electron chi connectivity index (χ4n) is 4.35. The van der Waals surface area contributed by atoms with Crippen LogP contribution in [0.25, 0.3) is 0 Å². The van der Waals surface area contributed by atoms with Crippen molar-refractivity contribution in [2.24, 2.45) is 0 Å². The molecule has 0 aliphatic carbocycles. The number of alkyl carbamates (subject to hydrolysis) is 1. The normalized spacial score (nSPS) is 15.4. The van der Waals surface area contributed by atoms with Crippen molar-refractivity contribution in [2.45, 2.75) is 31.2 Å². The van der Waals surface area contributed by atoms with E-state index >= 15 is 0 Å². The Balaban J connectivity index is 1.22. The first-order valence-electron chi connectivity index (χ1n) is 13.1. The SMILES string of the molecule is O=C(COc1ccc(CC(NC(=O)OCc2ccccc2)C(=O)O)cc1)NC1CN(C(C(=O)O)c2ccc(O)cc2)C1=O. The van der Waals surface area contributed by atoms with Gasteiger partial charge in [0.15, 0.2) is 12.6 Å². The summed E-state index contributed by atoms with van der Waals surface area (Å²) in [4.78, 5) is 61.6. The van der Waals surface area contributed by atoms with Crippen molar-refractivity contribution >= 4 is 29.8 Å². The van der Waals surface area contributed by atoms with Crippen LogP contribution < -0.4 is 15.4 Å². The third kappa shape index (κ3) is 8.22. The second-order valence-corrected chi connectivity index (χ2v) is 9.68. The molecule has 5 N–H and O–H groups in total. The second kappa shape index (κ2) is 13.9. The lowest BCUT2D eigenvalue weighted by atomic mass is 9.98. The molecule has 4 rings (SSSR count). The Hall–Kier alpha value is -5.59. The molecule has 3 amide bonds. The zero-order valence-electron chi connectivity index (χ0n) is 22.7. The number of carboxylic acids is 2. The zero-order valence-corrected chi connectivity index (χ0v) is 22.7. The first-order chi connectivity index (χ1) is 20.6. The van der Waals surface area contributed by atoms with E-state index in [0.717, 1.165) is 10.5 Å². The third-order valence-electron chi connectivity index (χ3n) is 6.59. The summed E-state index contributed by atoms with van der Waals surface area (Å²) in [7, 11) is 0. The molecular formula is C30H29N3O10. The number of amides is 3. The number of phenolic OH excluding ortho intramolecular Hbond substituents is 1. The van der Waals surface area contributed by atoms with E-state index in [1.54, 1.807) is 36.4 Å². The lowest BCUT2D eigenvalue weighted by molar-refractivity contribution is -0.160. The summed E-state index contributed by atoms with van der Waals surface area (Å²) in [5, 5.41) is 33.4. The number of benzene rings is 3. The Kier molecular flexibility index (Phi) is 9.78. The molecule has 3 aromatic carbocycles. The van der Waals surface area contributed by atoms with Gasteiger partial charge in [-0.3, -0.25) is 9.59 Å². The number of nitrogens with zero attached hydrogens (tertiary/aromatic N) is 1. The molecule has 43 heavy (non-hydrogen) atoms. The lowest BCUT2D eigenvalue weighted by Gasteiger charge is -2.42. The molecule has 0 bridgehead atoms. The minimum Gasteiger partial charge on any atom is -0.508 e. The van der Waals surface area contributed by atoms with Gasteiger partial charge in [-0.2, -0.15) is 0 Å². The predicted molar refractivity (Wildman–Crippen MR) is 149 cm³/mol. The number of carbonyl (C=O) groups is 5. The summed E-state index contributed by atoms with van der Waals surface area (Å²) in [6, 6.07) is 17.2. The summed E-state index contributed by atoms with van der Waals surface area (Å²) >= 11 is 0. The van der Waals surface area contributed by atoms with Crippen LogP contribution in [0.15, 0.2) is 78.9 Å². The van der Waals surface area contributed by atoms with E-state index in [2.05, 4.69) is 10.6 Å². The molecule has 0 spiro atoms. The van der Waals surface area contributed by atoms with E-state index in [0.29, 0.717) is 16.9 Å². The van der Waals surface area contributed by atoms with Gasteiger partial charge in [-0.05, 0) is 41.0 Å². The van der Waals surface area contributed by atoms with Crippen molar-refractivity contribution in [3.8, 4) is 11.5 Å². The Labute approximate surface area is 245 Å². The molecule has 1 aliphatic rings. The number of aromatic hydroxyl groups is 1. The molecule has 1 heterocycles. The summed E-state index contributed by atoms with van der Waals surface area (Å²) < 4.78 is 10.5. The Morgan fingerprint density at radius 1 is 0.884 bits per heavy atom. The van der Waals surface area contributed by atoms with Crippen LogP contribution in [0.3, 0.4) is 0 Å². The number of nitrogens with one attached hydrogen (secondary N) is 2. The average Bonchev–Trinajstić information content (AvgIpc) is 2.99. The van der Waals surface area contributed by atoms with Crippen molar-refractivity contribution in [2.75, 3.05) is 13.2 Å². The van der Waals surface area contributed by atoms with Crippen LogP contribution in [-0.2, 0) is 36.9 Å². The number of carbonyl (C=O) groups excluding carboxylic acids is 3. The minimum atomic E-state index is -1.26. The van der Waals surface area contributed by atoms with Crippen molar-refractivity contribution in [3.05, 3.63) is 95.6 Å². The molecule has 13 heteroatoms. The van der Waals surface area contributed by atoms with Crippen LogP contribution in [-0.4, -0.2) is 75.3 Å². The molecule has 0 saturated carbocycles. The lowest BCUT2D eigenvalue weighted by Crippen LogP contribution is -2.65. The maximum absolute atomic E-state index is 12.6. The van der Waals surface area contributed by atoms with Crippen molar-refractivity contribution in [1.29, 1.82) is 0 Å². The third-order valence-corrected chi connectivity index (χ3v) is 6.59. The summed E-state index contributed by atoms with van der Waals surface area (Å²) in [5.41, 5.74) is 1.64. The average molecular weight is 592 g/mol. The van der Waals surface area contributed by atoms with Crippen LogP contribution in [0, 0.1) is 0 Å². The monoisotopic (exact) mass is 591 g/mol. The van der Waals surface area contributed by atoms with Crippen molar-refractivity contribution in [1.82, 2.24) is 15.5 Å². The van der Waals surface area contributed by atoms with Crippen LogP contribution in [0.1, 0.15) is 22.7 Å². The van der Waals surface area contributed by atoms with Gasteiger partial charge in [0.25, 0.3) is 5.91 Å². The molecule has 1 saturated heterocycles. The summed E-state index contributed by atoms with van der Waals surface area (Å²) in [6.07, 6.45) is -0.896. The van der Waals surface area contributed by atoms with E-state index in [9.17, 15) is 39.3 Å². The molecule has 224 valence electrons. The van der Waals surface area contributed by atoms with E-state index in [1.165, 1.54) is 36.4 Å². The largest absolute Gasteiger partial charge is 0.508 e. The number of rotatable bonds is 13. The summed E-state index contributed by atoms with van der Waals surface area (Å²) in [5.74, 6) is -3.38. The van der Waals surface area contributed by atoms with Crippen molar-refractivity contribution < 1.29 is 48.8 Å². The van der Waals surface area contributed by atoms with Gasteiger partial charge in [0.2, 0.25) is 5.91 Å². The van der Waals surface area contributed by atoms with Crippen LogP contribution in [0.5, 0.6) is 11.5 Å². The molecule has 3 atom stereocenters. The van der Waals surface area contributed by atoms with Crippen molar-refractivity contribution in [3.63, 3.8) is 0 Å². The topological polar surface area (TPSA) is 192 Å². The molecular weight excluding hydrogens is 562 g/mol. The number of aliphatic carboxylic acids is 2. The first kappa shape index (κ1) is 30.4. The number of ether oxygens (including phenoxy) is 2. The minimum absolute atomic E-state index is 0.00551. The maximum Gasteiger partial charge on any atom is 0.408 e. The first-order valence-corrected chi connectivity index (χ1v) is 13.1. The number of hydrogen-bond acceptors (Lipinski definition) is 8. The highest BCUT2D eigenvalue weighted by Gasteiger charge is 2.45. The van der Waals surface area contributed by atoms with Gasteiger partial charge in [-0.15, -0.1) is 0 Å². The molecule has 1 fully saturated rings. The number of β-lactam (4-membered cyclic amide) rings is 1. The number of likely N-dealkylation sites (tertiary alicyclic amines) is 1. The maximum atomic E-state index is 12.6. The van der Waals surface area contributed by atoms with Crippen LogP contribution >= 0.6 is 0 Å². The van der Waals surface area contributed by atoms with Gasteiger partial charge in [0.05, 0.1) is 6.54 Å². The number of phenols is 1. The van der Waals surface area contributed by atoms with Gasteiger partial charge in [-0.25, -0.2) is 14.4 Å². The van der Waals surface area contributed by atoms with Crippen LogP contribution in [0.2, 0.25) is 0 Å². The van der Waals surface area contributed by atoms with Gasteiger partial charge in [0, 0.05) is 6.42 Å². The van der Waals surface area contributed by atoms with E-state index in [-0.39, 0.29) is 25.3 Å². The molecule has 3 aromatic rings. The van der Waals surface area contributed by atoms with Gasteiger partial charge >= 0.3 is 18.0 Å². The molecule has 1 aliphatic heterocycles. The highest BCUT2D eigenvalue weighted by atomic mass is 16.5. The molecule has 0 aromatic heterocycles. The smallest absolute Gasteiger partial charge is 0.408 e. The second-order valence-electron chi connectivity index (χ2n) is 9.68. The molecule has 13 nitrogen and oxygen atoms in total. The highest BCUT2D eigenvalue weighted by molar-refractivity contribution is 5.95. The quantitative estimate of drug-likeness (QED) is 0.183.